The van der Waals surface area contributed by atoms with Gasteiger partial charge in [-0.25, -0.2) is 14.8 Å². The fraction of sp³-hybridized carbons (Fsp3) is 0.474. The third-order valence-electron chi connectivity index (χ3n) is 4.64. The van der Waals surface area contributed by atoms with Crippen LogP contribution in [0.4, 0.5) is 16.4 Å². The summed E-state index contributed by atoms with van der Waals surface area (Å²) in [5.74, 6) is 1.78. The maximum Gasteiger partial charge on any atom is 0.409 e. The van der Waals surface area contributed by atoms with Crippen LogP contribution in [-0.4, -0.2) is 72.3 Å². The molecule has 0 atom stereocenters. The lowest BCUT2D eigenvalue weighted by Crippen LogP contribution is -2.49. The Bertz CT molecular complexity index is 734. The Morgan fingerprint density at radius 1 is 1.19 bits per heavy atom. The molecule has 144 valence electrons. The Hall–Kier alpha value is -2.90. The number of hydrogen-bond donors (Lipinski definition) is 0. The molecule has 0 aromatic carbocycles. The van der Waals surface area contributed by atoms with E-state index < -0.39 is 0 Å². The molecule has 8 nitrogen and oxygen atoms in total. The van der Waals surface area contributed by atoms with Crippen molar-refractivity contribution < 1.29 is 9.53 Å². The molecule has 0 saturated carbocycles. The number of carbonyl (C=O) groups excluding carboxylic acids is 1. The summed E-state index contributed by atoms with van der Waals surface area (Å²) in [4.78, 5) is 30.7. The molecular formula is C19H26N6O2. The zero-order chi connectivity index (χ0) is 19.1. The summed E-state index contributed by atoms with van der Waals surface area (Å²) in [7, 11) is 2.03. The third-order valence-corrected chi connectivity index (χ3v) is 4.64. The summed E-state index contributed by atoms with van der Waals surface area (Å²) in [6.07, 6.45) is 5.92. The van der Waals surface area contributed by atoms with Crippen molar-refractivity contribution in [1.82, 2.24) is 19.9 Å². The normalized spacial score (nSPS) is 14.1. The van der Waals surface area contributed by atoms with E-state index in [1.807, 2.05) is 44.6 Å². The zero-order valence-corrected chi connectivity index (χ0v) is 15.9. The van der Waals surface area contributed by atoms with Gasteiger partial charge in [-0.05, 0) is 31.0 Å². The predicted octanol–water partition coefficient (Wildman–Crippen LogP) is 1.83. The van der Waals surface area contributed by atoms with Crippen LogP contribution < -0.4 is 9.80 Å². The van der Waals surface area contributed by atoms with E-state index in [0.29, 0.717) is 19.7 Å². The summed E-state index contributed by atoms with van der Waals surface area (Å²) in [5, 5.41) is 0. The van der Waals surface area contributed by atoms with Gasteiger partial charge in [-0.3, -0.25) is 4.98 Å². The van der Waals surface area contributed by atoms with Crippen LogP contribution in [0.1, 0.15) is 12.5 Å². The first-order valence-corrected chi connectivity index (χ1v) is 9.26. The highest BCUT2D eigenvalue weighted by Crippen LogP contribution is 2.19. The van der Waals surface area contributed by atoms with Crippen LogP contribution in [0.3, 0.4) is 0 Å². The van der Waals surface area contributed by atoms with E-state index in [0.717, 1.165) is 37.7 Å². The number of likely N-dealkylation sites (N-methyl/N-ethyl adjacent to an activating group) is 1. The van der Waals surface area contributed by atoms with E-state index in [9.17, 15) is 4.79 Å². The number of aromatic nitrogens is 3. The summed E-state index contributed by atoms with van der Waals surface area (Å²) in [5.41, 5.74) is 1.25. The summed E-state index contributed by atoms with van der Waals surface area (Å²) >= 11 is 0. The quantitative estimate of drug-likeness (QED) is 0.768. The van der Waals surface area contributed by atoms with Crippen LogP contribution in [0.15, 0.2) is 36.9 Å². The van der Waals surface area contributed by atoms with Gasteiger partial charge in [-0.15, -0.1) is 0 Å². The van der Waals surface area contributed by atoms with Gasteiger partial charge in [0.1, 0.15) is 18.0 Å². The molecule has 0 radical (unpaired) electrons. The molecule has 0 spiro atoms. The van der Waals surface area contributed by atoms with Crippen LogP contribution in [-0.2, 0) is 11.2 Å². The third kappa shape index (κ3) is 5.06. The number of nitrogens with zero attached hydrogens (tertiary/aromatic N) is 6. The largest absolute Gasteiger partial charge is 0.450 e. The highest BCUT2D eigenvalue weighted by Gasteiger charge is 2.23. The van der Waals surface area contributed by atoms with Gasteiger partial charge in [0.05, 0.1) is 6.61 Å². The highest BCUT2D eigenvalue weighted by atomic mass is 16.6. The van der Waals surface area contributed by atoms with E-state index in [1.165, 1.54) is 5.56 Å². The lowest BCUT2D eigenvalue weighted by molar-refractivity contribution is 0.105. The zero-order valence-electron chi connectivity index (χ0n) is 15.9. The molecule has 0 aliphatic carbocycles. The second-order valence-corrected chi connectivity index (χ2v) is 6.43. The van der Waals surface area contributed by atoms with Gasteiger partial charge in [0.25, 0.3) is 0 Å². The van der Waals surface area contributed by atoms with E-state index >= 15 is 0 Å². The predicted molar refractivity (Wildman–Crippen MR) is 104 cm³/mol. The van der Waals surface area contributed by atoms with E-state index in [4.69, 9.17) is 4.74 Å². The van der Waals surface area contributed by atoms with Crippen molar-refractivity contribution in [3.8, 4) is 0 Å². The van der Waals surface area contributed by atoms with Crippen molar-refractivity contribution >= 4 is 17.7 Å². The van der Waals surface area contributed by atoms with E-state index in [2.05, 4.69) is 24.8 Å². The molecule has 3 heterocycles. The topological polar surface area (TPSA) is 74.7 Å². The second kappa shape index (κ2) is 9.16. The maximum atomic E-state index is 11.8. The van der Waals surface area contributed by atoms with Gasteiger partial charge >= 0.3 is 6.09 Å². The molecule has 1 aliphatic heterocycles. The Labute approximate surface area is 159 Å². The Morgan fingerprint density at radius 3 is 2.63 bits per heavy atom. The maximum absolute atomic E-state index is 11.8. The molecule has 1 saturated heterocycles. The van der Waals surface area contributed by atoms with E-state index in [1.54, 1.807) is 11.2 Å². The number of carbonyl (C=O) groups is 1. The SMILES string of the molecule is CCOC(=O)N1CCN(c2cc(N(C)CCc3ccncc3)ncn2)CC1. The minimum Gasteiger partial charge on any atom is -0.450 e. The Balaban J connectivity index is 1.56. The molecule has 3 rings (SSSR count). The standard InChI is InChI=1S/C19H26N6O2/c1-3-27-19(26)25-12-10-24(11-13-25)18-14-17(21-15-22-18)23(2)9-6-16-4-7-20-8-5-16/h4-5,7-8,14-15H,3,6,9-13H2,1-2H3. The lowest BCUT2D eigenvalue weighted by atomic mass is 10.2. The molecule has 1 aliphatic rings. The fourth-order valence-electron chi connectivity index (χ4n) is 3.01. The second-order valence-electron chi connectivity index (χ2n) is 6.43. The molecule has 1 amide bonds. The van der Waals surface area contributed by atoms with Gasteiger partial charge in [-0.1, -0.05) is 0 Å². The van der Waals surface area contributed by atoms with Crippen LogP contribution in [0.5, 0.6) is 0 Å². The first-order valence-electron chi connectivity index (χ1n) is 9.26. The Morgan fingerprint density at radius 2 is 1.93 bits per heavy atom. The van der Waals surface area contributed by atoms with Crippen molar-refractivity contribution in [1.29, 1.82) is 0 Å². The van der Waals surface area contributed by atoms with Crippen LogP contribution in [0.25, 0.3) is 0 Å². The van der Waals surface area contributed by atoms with Crippen LogP contribution in [0, 0.1) is 0 Å². The number of ether oxygens (including phenoxy) is 1. The minimum absolute atomic E-state index is 0.239. The number of hydrogen-bond acceptors (Lipinski definition) is 7. The summed E-state index contributed by atoms with van der Waals surface area (Å²) in [6.45, 7) is 5.82. The minimum atomic E-state index is -0.239. The average Bonchev–Trinajstić information content (AvgIpc) is 2.73. The van der Waals surface area contributed by atoms with Crippen molar-refractivity contribution in [3.63, 3.8) is 0 Å². The highest BCUT2D eigenvalue weighted by molar-refractivity contribution is 5.68. The van der Waals surface area contributed by atoms with Gasteiger partial charge in [0.2, 0.25) is 0 Å². The van der Waals surface area contributed by atoms with E-state index in [-0.39, 0.29) is 6.09 Å². The smallest absolute Gasteiger partial charge is 0.409 e. The van der Waals surface area contributed by atoms with Crippen LogP contribution >= 0.6 is 0 Å². The van der Waals surface area contributed by atoms with Crippen molar-refractivity contribution in [2.45, 2.75) is 13.3 Å². The number of piperazine rings is 1. The molecule has 8 heteroatoms. The van der Waals surface area contributed by atoms with Gasteiger partial charge in [0, 0.05) is 58.2 Å². The summed E-state index contributed by atoms with van der Waals surface area (Å²) in [6, 6.07) is 6.07. The fourth-order valence-corrected chi connectivity index (χ4v) is 3.01. The Kier molecular flexibility index (Phi) is 6.40. The number of rotatable bonds is 6. The summed E-state index contributed by atoms with van der Waals surface area (Å²) < 4.78 is 5.07. The van der Waals surface area contributed by atoms with Crippen molar-refractivity contribution in [2.75, 3.05) is 56.2 Å². The number of anilines is 2. The lowest BCUT2D eigenvalue weighted by Gasteiger charge is -2.34. The van der Waals surface area contributed by atoms with Gasteiger partial charge in [-0.2, -0.15) is 0 Å². The van der Waals surface area contributed by atoms with Gasteiger partial charge < -0.3 is 19.4 Å². The van der Waals surface area contributed by atoms with Crippen molar-refractivity contribution in [2.24, 2.45) is 0 Å². The molecule has 0 bridgehead atoms. The molecular weight excluding hydrogens is 344 g/mol. The molecule has 2 aromatic rings. The number of pyridine rings is 1. The van der Waals surface area contributed by atoms with Crippen LogP contribution in [0.2, 0.25) is 0 Å². The molecule has 2 aromatic heterocycles. The monoisotopic (exact) mass is 370 g/mol. The first-order chi connectivity index (χ1) is 13.2. The molecule has 0 unspecified atom stereocenters. The average molecular weight is 370 g/mol. The molecule has 0 N–H and O–H groups in total. The first kappa shape index (κ1) is 18.9. The van der Waals surface area contributed by atoms with Crippen molar-refractivity contribution in [3.05, 3.63) is 42.5 Å². The number of amides is 1. The molecule has 1 fully saturated rings. The van der Waals surface area contributed by atoms with Gasteiger partial charge in [0.15, 0.2) is 0 Å². The molecule has 27 heavy (non-hydrogen) atoms.